The van der Waals surface area contributed by atoms with E-state index in [0.717, 1.165) is 9.25 Å². The number of alkyl halides is 2. The highest BCUT2D eigenvalue weighted by Gasteiger charge is 2.71. The second kappa shape index (κ2) is 12.6. The van der Waals surface area contributed by atoms with Gasteiger partial charge in [-0.05, 0) is 11.6 Å². The summed E-state index contributed by atoms with van der Waals surface area (Å²) in [5.74, 6) is -2.80. The highest BCUT2D eigenvalue weighted by Crippen LogP contribution is 2.64. The maximum Gasteiger partial charge on any atom is 0.347 e. The Morgan fingerprint density at radius 2 is 1.58 bits per heavy atom. The van der Waals surface area contributed by atoms with Gasteiger partial charge in [-0.15, -0.1) is 23.2 Å². The highest BCUT2D eigenvalue weighted by molar-refractivity contribution is 6.66. The number of carbonyl (C=O) groups is 2. The number of ether oxygens (including phenoxy) is 3. The summed E-state index contributed by atoms with van der Waals surface area (Å²) in [5.41, 5.74) is -0.549. The van der Waals surface area contributed by atoms with Crippen molar-refractivity contribution in [2.75, 3.05) is 21.3 Å². The Morgan fingerprint density at radius 3 is 2.25 bits per heavy atom. The number of Topliss-reactive ketones (excluding diaryl/α,β-unsaturated/α-hetero) is 2. The van der Waals surface area contributed by atoms with Crippen LogP contribution >= 0.6 is 46.4 Å². The average Bonchev–Trinajstić information content (AvgIpc) is 3.39. The summed E-state index contributed by atoms with van der Waals surface area (Å²) in [6, 6.07) is 6.63. The van der Waals surface area contributed by atoms with Gasteiger partial charge in [-0.1, -0.05) is 41.4 Å². The van der Waals surface area contributed by atoms with Gasteiger partial charge in [-0.25, -0.2) is 28.5 Å². The normalized spacial score (nSPS) is 24.0. The Balaban J connectivity index is 1.35. The molecule has 1 fully saturated rings. The van der Waals surface area contributed by atoms with Crippen molar-refractivity contribution in [2.45, 2.75) is 47.6 Å². The number of phenols is 1. The van der Waals surface area contributed by atoms with Gasteiger partial charge < -0.3 is 23.9 Å². The monoisotopic (exact) mass is 791 g/mol. The van der Waals surface area contributed by atoms with Crippen molar-refractivity contribution >= 4 is 69.0 Å². The fourth-order valence-corrected chi connectivity index (χ4v) is 9.10. The van der Waals surface area contributed by atoms with E-state index in [0.29, 0.717) is 28.1 Å². The number of benzene rings is 2. The number of carbonyl (C=O) groups excluding carboxylic acids is 2. The maximum absolute atomic E-state index is 14.2. The second-order valence-electron chi connectivity index (χ2n) is 12.6. The number of hydrogen-bond donors (Lipinski definition) is 1. The Morgan fingerprint density at radius 1 is 0.923 bits per heavy atom. The molecule has 2 aliphatic carbocycles. The van der Waals surface area contributed by atoms with Gasteiger partial charge >= 0.3 is 11.4 Å². The number of aromatic nitrogens is 5. The molecule has 3 aliphatic rings. The molecule has 1 N–H and O–H groups in total. The van der Waals surface area contributed by atoms with E-state index >= 15 is 0 Å². The summed E-state index contributed by atoms with van der Waals surface area (Å²) in [4.78, 5) is 69.2. The first-order valence-corrected chi connectivity index (χ1v) is 17.3. The van der Waals surface area contributed by atoms with Crippen molar-refractivity contribution in [1.29, 1.82) is 0 Å². The van der Waals surface area contributed by atoms with Gasteiger partial charge in [0.05, 0.1) is 44.9 Å². The third-order valence-electron chi connectivity index (χ3n) is 10.2. The van der Waals surface area contributed by atoms with Gasteiger partial charge in [-0.2, -0.15) is 0 Å². The molecule has 3 heterocycles. The minimum Gasteiger partial charge on any atom is -0.504 e. The van der Waals surface area contributed by atoms with Crippen molar-refractivity contribution in [3.05, 3.63) is 94.6 Å². The summed E-state index contributed by atoms with van der Waals surface area (Å²) >= 11 is 27.0. The summed E-state index contributed by atoms with van der Waals surface area (Å²) < 4.78 is 20.7. The number of methoxy groups -OCH3 is 3. The summed E-state index contributed by atoms with van der Waals surface area (Å²) in [6.07, 6.45) is 1.06. The van der Waals surface area contributed by atoms with E-state index in [4.69, 9.17) is 60.6 Å². The molecule has 2 aromatic carbocycles. The van der Waals surface area contributed by atoms with E-state index in [-0.39, 0.29) is 42.3 Å². The fraction of sp³-hybridized carbons (Fsp3) is 0.353. The van der Waals surface area contributed by atoms with Gasteiger partial charge in [0.2, 0.25) is 0 Å². The molecule has 0 amide bonds. The van der Waals surface area contributed by atoms with E-state index in [1.54, 1.807) is 31.3 Å². The van der Waals surface area contributed by atoms with Crippen LogP contribution in [0.5, 0.6) is 23.0 Å². The summed E-state index contributed by atoms with van der Waals surface area (Å²) in [7, 11) is 5.84. The number of allylic oxidation sites excluding steroid dienone is 4. The van der Waals surface area contributed by atoms with E-state index in [2.05, 4.69) is 4.98 Å². The molecule has 272 valence electrons. The number of rotatable bonds is 7. The highest BCUT2D eigenvalue weighted by atomic mass is 35.5. The Labute approximate surface area is 313 Å². The lowest BCUT2D eigenvalue weighted by molar-refractivity contribution is -0.128. The molecule has 7 rings (SSSR count). The first-order chi connectivity index (χ1) is 24.7. The van der Waals surface area contributed by atoms with E-state index in [9.17, 15) is 29.1 Å². The maximum atomic E-state index is 14.2. The van der Waals surface area contributed by atoms with Gasteiger partial charge in [0, 0.05) is 50.0 Å². The van der Waals surface area contributed by atoms with E-state index in [1.807, 2.05) is 0 Å². The number of nitrogens with zero attached hydrogens (tertiary/aromatic N) is 5. The molecular formula is C34H29Cl4N5O9. The molecule has 0 spiro atoms. The molecule has 4 aromatic rings. The molecule has 0 bridgehead atoms. The van der Waals surface area contributed by atoms with Crippen LogP contribution in [0.4, 0.5) is 0 Å². The van der Waals surface area contributed by atoms with Crippen LogP contribution in [0.1, 0.15) is 29.6 Å². The van der Waals surface area contributed by atoms with Crippen LogP contribution in [0, 0.1) is 0 Å². The zero-order valence-corrected chi connectivity index (χ0v) is 30.9. The Hall–Kier alpha value is -4.50. The zero-order valence-electron chi connectivity index (χ0n) is 27.9. The molecule has 0 radical (unpaired) electrons. The van der Waals surface area contributed by atoms with E-state index < -0.39 is 66.7 Å². The third kappa shape index (κ3) is 4.77. The first kappa shape index (κ1) is 35.9. The second-order valence-corrected chi connectivity index (χ2v) is 14.6. The quantitative estimate of drug-likeness (QED) is 0.216. The number of fused-ring (bicyclic) bond motifs is 5. The van der Waals surface area contributed by atoms with Crippen LogP contribution < -0.4 is 31.1 Å². The van der Waals surface area contributed by atoms with E-state index in [1.165, 1.54) is 42.7 Å². The van der Waals surface area contributed by atoms with Crippen LogP contribution in [-0.2, 0) is 36.1 Å². The van der Waals surface area contributed by atoms with Crippen LogP contribution in [0.15, 0.2) is 66.4 Å². The number of aromatic hydroxyl groups is 1. The lowest BCUT2D eigenvalue weighted by atomic mass is 9.59. The predicted molar refractivity (Wildman–Crippen MR) is 192 cm³/mol. The molecule has 4 atom stereocenters. The summed E-state index contributed by atoms with van der Waals surface area (Å²) in [5, 5.41) is 10.1. The van der Waals surface area contributed by atoms with Crippen LogP contribution in [0.3, 0.4) is 0 Å². The van der Waals surface area contributed by atoms with Gasteiger partial charge in [0.1, 0.15) is 25.5 Å². The molecule has 1 aliphatic heterocycles. The molecule has 52 heavy (non-hydrogen) atoms. The standard InChI is InChI=1S/C34H29Cl4N5O9/c1-40-19-13-23(52-4)22(51-3)12-18(19)39-17(30(40)47)9-10-41-31(48)42-11-8-15-20(43(42)32(41)49)14-33(37)28(45)25(35)26(36)29(46)34(33,38)24(15)16-6-5-7-21(50-2)27(16)44/h5-8,12-13,20,24,44H,9-11,14H2,1-4H3/t20-,24-,33-,34+/m1/s1. The largest absolute Gasteiger partial charge is 0.504 e. The number of ketones is 2. The number of phenolic OH excluding ortho intramolecular Hbond substituents is 1. The molecule has 0 unspecified atom stereocenters. The third-order valence-corrected chi connectivity index (χ3v) is 12.4. The lowest BCUT2D eigenvalue weighted by Gasteiger charge is -2.54. The minimum atomic E-state index is -2.32. The van der Waals surface area contributed by atoms with Gasteiger partial charge in [-0.3, -0.25) is 14.4 Å². The number of aryl methyl sites for hydroxylation is 2. The van der Waals surface area contributed by atoms with Crippen LogP contribution in [0.25, 0.3) is 11.0 Å². The Kier molecular flexibility index (Phi) is 8.68. The molecule has 1 saturated carbocycles. The SMILES string of the molecule is COc1cc2nc(CCn3c(=O)n4n(c3=O)[C@@H]3C[C@@]5(Cl)C(=O)C(Cl)=C(Cl)C(=O)[C@@]5(Cl)[C@@H](c5cccc(OC)c5O)C3=CC4)c(=O)n(C)c2cc1OC. The fourth-order valence-electron chi connectivity index (χ4n) is 7.58. The van der Waals surface area contributed by atoms with Crippen molar-refractivity contribution in [3.8, 4) is 23.0 Å². The van der Waals surface area contributed by atoms with Gasteiger partial charge in [0.15, 0.2) is 34.6 Å². The van der Waals surface area contributed by atoms with Gasteiger partial charge in [0.25, 0.3) is 5.56 Å². The lowest BCUT2D eigenvalue weighted by Crippen LogP contribution is -2.67. The number of halogens is 4. The molecule has 14 nitrogen and oxygen atoms in total. The minimum absolute atomic E-state index is 0.0389. The average molecular weight is 793 g/mol. The molecule has 2 aromatic heterocycles. The van der Waals surface area contributed by atoms with Crippen molar-refractivity contribution in [2.24, 2.45) is 7.05 Å². The van der Waals surface area contributed by atoms with Crippen molar-refractivity contribution in [3.63, 3.8) is 0 Å². The predicted octanol–water partition coefficient (Wildman–Crippen LogP) is 3.50. The van der Waals surface area contributed by atoms with Crippen molar-refractivity contribution in [1.82, 2.24) is 23.5 Å². The Bertz CT molecular complexity index is 2500. The topological polar surface area (TPSA) is 166 Å². The molecule has 0 saturated heterocycles. The number of para-hydroxylation sites is 1. The molecular weight excluding hydrogens is 764 g/mol. The van der Waals surface area contributed by atoms with Crippen LogP contribution in [0.2, 0.25) is 0 Å². The summed E-state index contributed by atoms with van der Waals surface area (Å²) in [6.45, 7) is -0.388. The number of hydrogen-bond acceptors (Lipinski definition) is 10. The van der Waals surface area contributed by atoms with Crippen LogP contribution in [-0.4, -0.2) is 71.2 Å². The smallest absolute Gasteiger partial charge is 0.347 e. The molecule has 18 heteroatoms. The first-order valence-electron chi connectivity index (χ1n) is 15.8. The van der Waals surface area contributed by atoms with Crippen molar-refractivity contribution < 1.29 is 28.9 Å². The zero-order chi connectivity index (χ0) is 37.6.